The average Bonchev–Trinajstić information content (AvgIpc) is 2.78. The number of ether oxygens (including phenoxy) is 2. The first-order chi connectivity index (χ1) is 14.8. The largest absolute Gasteiger partial charge is 0.468 e. The Balaban J connectivity index is 2.25. The average molecular weight is 447 g/mol. The Kier molecular flexibility index (Phi) is 9.02. The summed E-state index contributed by atoms with van der Waals surface area (Å²) in [5, 5.41) is 3.08. The fourth-order valence-electron chi connectivity index (χ4n) is 2.80. The lowest BCUT2D eigenvalue weighted by atomic mass is 10.0. The normalized spacial score (nSPS) is 11.2. The van der Waals surface area contributed by atoms with Gasteiger partial charge in [0, 0.05) is 0 Å². The molecule has 2 aromatic rings. The molecule has 0 radical (unpaired) electrons. The van der Waals surface area contributed by atoms with E-state index in [1.165, 1.54) is 14.2 Å². The summed E-state index contributed by atoms with van der Waals surface area (Å²) in [7, 11) is 2.36. The van der Waals surface area contributed by atoms with Crippen molar-refractivity contribution in [2.45, 2.75) is 12.5 Å². The summed E-state index contributed by atoms with van der Waals surface area (Å²) in [5.74, 6) is -2.37. The number of hydrogen-bond acceptors (Lipinski definition) is 6. The molecule has 2 amide bonds. The van der Waals surface area contributed by atoms with Gasteiger partial charge in [-0.1, -0.05) is 54.1 Å². The smallest absolute Gasteiger partial charge is 0.325 e. The lowest BCUT2D eigenvalue weighted by molar-refractivity contribution is -0.152. The van der Waals surface area contributed by atoms with Crippen molar-refractivity contribution in [2.75, 3.05) is 27.3 Å². The maximum Gasteiger partial charge on any atom is 0.325 e. The number of benzene rings is 2. The Labute approximate surface area is 185 Å². The minimum atomic E-state index is -0.727. The van der Waals surface area contributed by atoms with Crippen LogP contribution in [0.25, 0.3) is 0 Å². The lowest BCUT2D eigenvalue weighted by Crippen LogP contribution is -2.42. The van der Waals surface area contributed by atoms with Gasteiger partial charge in [-0.15, -0.1) is 0 Å². The summed E-state index contributed by atoms with van der Waals surface area (Å²) >= 11 is 6.11. The molecule has 0 saturated heterocycles. The molecule has 31 heavy (non-hydrogen) atoms. The Morgan fingerprint density at radius 1 is 0.903 bits per heavy atom. The van der Waals surface area contributed by atoms with Gasteiger partial charge in [-0.25, -0.2) is 0 Å². The van der Waals surface area contributed by atoms with Crippen LogP contribution in [-0.2, 0) is 23.9 Å². The maximum atomic E-state index is 12.9. The highest BCUT2D eigenvalue weighted by Crippen LogP contribution is 2.21. The van der Waals surface area contributed by atoms with Crippen molar-refractivity contribution in [3.05, 3.63) is 70.7 Å². The minimum Gasteiger partial charge on any atom is -0.468 e. The third kappa shape index (κ3) is 7.11. The van der Waals surface area contributed by atoms with Crippen molar-refractivity contribution in [1.82, 2.24) is 10.2 Å². The minimum absolute atomic E-state index is 0.200. The highest BCUT2D eigenvalue weighted by Gasteiger charge is 2.26. The number of nitrogens with zero attached hydrogens (tertiary/aromatic N) is 1. The van der Waals surface area contributed by atoms with Gasteiger partial charge >= 0.3 is 11.9 Å². The number of nitrogens with one attached hydrogen (secondary N) is 1. The molecule has 0 aliphatic heterocycles. The van der Waals surface area contributed by atoms with E-state index in [1.54, 1.807) is 54.6 Å². The topological polar surface area (TPSA) is 102 Å². The van der Waals surface area contributed by atoms with E-state index in [0.29, 0.717) is 5.56 Å². The van der Waals surface area contributed by atoms with Crippen LogP contribution < -0.4 is 5.32 Å². The van der Waals surface area contributed by atoms with Crippen molar-refractivity contribution >= 4 is 35.4 Å². The monoisotopic (exact) mass is 446 g/mol. The molecule has 1 unspecified atom stereocenters. The van der Waals surface area contributed by atoms with Crippen LogP contribution in [0.3, 0.4) is 0 Å². The Hall–Kier alpha value is -3.39. The van der Waals surface area contributed by atoms with Crippen molar-refractivity contribution < 1.29 is 28.7 Å². The van der Waals surface area contributed by atoms with Gasteiger partial charge in [0.2, 0.25) is 5.91 Å². The number of halogens is 1. The molecule has 0 aromatic heterocycles. The van der Waals surface area contributed by atoms with Gasteiger partial charge in [-0.3, -0.25) is 19.2 Å². The number of rotatable bonds is 9. The number of esters is 2. The van der Waals surface area contributed by atoms with Crippen LogP contribution >= 0.6 is 11.6 Å². The van der Waals surface area contributed by atoms with Crippen molar-refractivity contribution in [2.24, 2.45) is 0 Å². The van der Waals surface area contributed by atoms with Crippen LogP contribution in [0.4, 0.5) is 0 Å². The van der Waals surface area contributed by atoms with Crippen LogP contribution in [0.15, 0.2) is 54.6 Å². The zero-order valence-corrected chi connectivity index (χ0v) is 17.9. The standard InChI is InChI=1S/C22H23ClN2O6/c1-30-20(27)13-25(14-21(28)31-2)19(26)12-18(15-8-4-3-5-9-15)24-22(29)16-10-6-7-11-17(16)23/h3-11,18H,12-14H2,1-2H3,(H,24,29). The van der Waals surface area contributed by atoms with Gasteiger partial charge in [0.15, 0.2) is 0 Å². The van der Waals surface area contributed by atoms with Gasteiger partial charge in [-0.05, 0) is 17.7 Å². The Morgan fingerprint density at radius 2 is 1.45 bits per heavy atom. The molecule has 0 aliphatic rings. The predicted molar refractivity (Wildman–Crippen MR) is 113 cm³/mol. The van der Waals surface area contributed by atoms with E-state index in [9.17, 15) is 19.2 Å². The molecule has 0 saturated carbocycles. The Morgan fingerprint density at radius 3 is 2.00 bits per heavy atom. The van der Waals surface area contributed by atoms with Crippen LogP contribution in [-0.4, -0.2) is 56.0 Å². The van der Waals surface area contributed by atoms with E-state index in [1.807, 2.05) is 0 Å². The molecule has 2 rings (SSSR count). The van der Waals surface area contributed by atoms with Gasteiger partial charge in [0.1, 0.15) is 13.1 Å². The van der Waals surface area contributed by atoms with Crippen LogP contribution in [0.5, 0.6) is 0 Å². The van der Waals surface area contributed by atoms with E-state index in [0.717, 1.165) is 4.90 Å². The molecule has 9 heteroatoms. The molecule has 2 aromatic carbocycles. The second-order valence-electron chi connectivity index (χ2n) is 6.52. The summed E-state index contributed by atoms with van der Waals surface area (Å²) in [5.41, 5.74) is 0.936. The number of hydrogen-bond donors (Lipinski definition) is 1. The zero-order chi connectivity index (χ0) is 22.8. The van der Waals surface area contributed by atoms with Gasteiger partial charge in [0.25, 0.3) is 5.91 Å². The molecule has 0 bridgehead atoms. The quantitative estimate of drug-likeness (QED) is 0.593. The van der Waals surface area contributed by atoms with E-state index >= 15 is 0 Å². The molecule has 0 heterocycles. The molecule has 0 aliphatic carbocycles. The van der Waals surface area contributed by atoms with Crippen molar-refractivity contribution in [3.8, 4) is 0 Å². The zero-order valence-electron chi connectivity index (χ0n) is 17.2. The molecule has 1 N–H and O–H groups in total. The third-order valence-electron chi connectivity index (χ3n) is 4.45. The molecule has 1 atom stereocenters. The highest BCUT2D eigenvalue weighted by molar-refractivity contribution is 6.33. The second-order valence-corrected chi connectivity index (χ2v) is 6.93. The Bertz CT molecular complexity index is 917. The lowest BCUT2D eigenvalue weighted by Gasteiger charge is -2.24. The van der Waals surface area contributed by atoms with Gasteiger partial charge in [0.05, 0.1) is 37.3 Å². The number of carbonyl (C=O) groups is 4. The summed E-state index contributed by atoms with van der Waals surface area (Å²) in [6, 6.07) is 14.7. The maximum absolute atomic E-state index is 12.9. The first-order valence-electron chi connectivity index (χ1n) is 9.37. The van der Waals surface area contributed by atoms with E-state index in [-0.39, 0.29) is 17.0 Å². The van der Waals surface area contributed by atoms with E-state index in [4.69, 9.17) is 11.6 Å². The molecule has 164 valence electrons. The fourth-order valence-corrected chi connectivity index (χ4v) is 3.02. The SMILES string of the molecule is COC(=O)CN(CC(=O)OC)C(=O)CC(NC(=O)c1ccccc1Cl)c1ccccc1. The van der Waals surface area contributed by atoms with Crippen LogP contribution in [0.1, 0.15) is 28.4 Å². The first-order valence-corrected chi connectivity index (χ1v) is 9.75. The van der Waals surface area contributed by atoms with Gasteiger partial charge in [-0.2, -0.15) is 0 Å². The first kappa shape index (κ1) is 23.9. The highest BCUT2D eigenvalue weighted by atomic mass is 35.5. The van der Waals surface area contributed by atoms with Crippen LogP contribution in [0.2, 0.25) is 5.02 Å². The summed E-state index contributed by atoms with van der Waals surface area (Å²) in [6.07, 6.45) is -0.200. The summed E-state index contributed by atoms with van der Waals surface area (Å²) < 4.78 is 9.20. The van der Waals surface area contributed by atoms with Crippen molar-refractivity contribution in [1.29, 1.82) is 0 Å². The number of amides is 2. The summed E-state index contributed by atoms with van der Waals surface area (Å²) in [6.45, 7) is -0.852. The molecular weight excluding hydrogens is 424 g/mol. The fraction of sp³-hybridized carbons (Fsp3) is 0.273. The van der Waals surface area contributed by atoms with E-state index in [2.05, 4.69) is 14.8 Å². The van der Waals surface area contributed by atoms with E-state index < -0.39 is 42.9 Å². The molecule has 0 fully saturated rings. The number of methoxy groups -OCH3 is 2. The number of carbonyl (C=O) groups excluding carboxylic acids is 4. The summed E-state index contributed by atoms with van der Waals surface area (Å²) in [4.78, 5) is 50.2. The predicted octanol–water partition coefficient (Wildman–Crippen LogP) is 2.38. The second kappa shape index (κ2) is 11.7. The molecule has 0 spiro atoms. The third-order valence-corrected chi connectivity index (χ3v) is 4.78. The van der Waals surface area contributed by atoms with Crippen molar-refractivity contribution in [3.63, 3.8) is 0 Å². The molecular formula is C22H23ClN2O6. The van der Waals surface area contributed by atoms with Gasteiger partial charge < -0.3 is 19.7 Å². The molecule has 8 nitrogen and oxygen atoms in total. The van der Waals surface area contributed by atoms with Crippen LogP contribution in [0, 0.1) is 0 Å².